The molecule has 1 aliphatic heterocycles. The van der Waals surface area contributed by atoms with Crippen molar-refractivity contribution in [3.8, 4) is 39.7 Å². The zero-order valence-corrected chi connectivity index (χ0v) is 29.8. The van der Waals surface area contributed by atoms with E-state index in [0.29, 0.717) is 17.5 Å². The summed E-state index contributed by atoms with van der Waals surface area (Å²) in [7, 11) is 0. The first-order valence-corrected chi connectivity index (χ1v) is 18.8. The zero-order chi connectivity index (χ0) is 36.3. The fraction of sp³-hybridized carbons (Fsp3) is 0.0392. The van der Waals surface area contributed by atoms with Crippen LogP contribution in [0, 0.1) is 0 Å². The summed E-state index contributed by atoms with van der Waals surface area (Å²) in [6.45, 7) is 0. The zero-order valence-electron chi connectivity index (χ0n) is 29.8. The van der Waals surface area contributed by atoms with E-state index >= 15 is 0 Å². The minimum absolute atomic E-state index is 0.113. The Bertz CT molecular complexity index is 3020. The first-order valence-electron chi connectivity index (χ1n) is 18.8. The van der Waals surface area contributed by atoms with Crippen LogP contribution in [0.4, 0.5) is 0 Å². The summed E-state index contributed by atoms with van der Waals surface area (Å²) in [6.07, 6.45) is 4.20. The van der Waals surface area contributed by atoms with Crippen LogP contribution in [0.25, 0.3) is 77.4 Å². The van der Waals surface area contributed by atoms with Crippen molar-refractivity contribution in [1.29, 1.82) is 0 Å². The molecular formula is C51H33N3O. The molecule has 0 saturated heterocycles. The predicted octanol–water partition coefficient (Wildman–Crippen LogP) is 12.4. The second-order valence-corrected chi connectivity index (χ2v) is 14.3. The third-order valence-corrected chi connectivity index (χ3v) is 11.1. The summed E-state index contributed by atoms with van der Waals surface area (Å²) in [4.78, 5) is 16.2. The van der Waals surface area contributed by atoms with Crippen molar-refractivity contribution in [3.05, 3.63) is 205 Å². The second-order valence-electron chi connectivity index (χ2n) is 14.3. The number of rotatable bonds is 5. The lowest BCUT2D eigenvalue weighted by Gasteiger charge is -2.26. The van der Waals surface area contributed by atoms with Crippen molar-refractivity contribution < 1.29 is 4.74 Å². The predicted molar refractivity (Wildman–Crippen MR) is 225 cm³/mol. The monoisotopic (exact) mass is 703 g/mol. The van der Waals surface area contributed by atoms with Gasteiger partial charge in [0.1, 0.15) is 11.9 Å². The number of ether oxygens (including phenoxy) is 1. The van der Waals surface area contributed by atoms with E-state index in [0.717, 1.165) is 55.3 Å². The van der Waals surface area contributed by atoms with Gasteiger partial charge in [-0.05, 0) is 78.9 Å². The van der Waals surface area contributed by atoms with Gasteiger partial charge in [0.25, 0.3) is 0 Å². The number of aromatic nitrogens is 3. The van der Waals surface area contributed by atoms with Gasteiger partial charge in [-0.2, -0.15) is 0 Å². The van der Waals surface area contributed by atoms with Crippen LogP contribution in [0.15, 0.2) is 188 Å². The van der Waals surface area contributed by atoms with Gasteiger partial charge in [-0.15, -0.1) is 0 Å². The molecule has 0 radical (unpaired) electrons. The van der Waals surface area contributed by atoms with E-state index in [9.17, 15) is 0 Å². The SMILES string of the molecule is C1=CC2Oc3ccccc3C2C(c2nc(-c3ccc4ccccc4c3)nc(-c3cc4ccccc4c4ccccc34)n2)=C1c1ccc(-c2ccccc2)cc1. The maximum atomic E-state index is 6.62. The minimum Gasteiger partial charge on any atom is -0.485 e. The fourth-order valence-corrected chi connectivity index (χ4v) is 8.45. The summed E-state index contributed by atoms with van der Waals surface area (Å²) in [5.74, 6) is 2.70. The number of hydrogen-bond donors (Lipinski definition) is 0. The number of hydrogen-bond acceptors (Lipinski definition) is 4. The van der Waals surface area contributed by atoms with Gasteiger partial charge >= 0.3 is 0 Å². The molecule has 0 spiro atoms. The first-order chi connectivity index (χ1) is 27.2. The van der Waals surface area contributed by atoms with E-state index in [1.807, 2.05) is 6.07 Å². The van der Waals surface area contributed by atoms with Crippen molar-refractivity contribution in [3.63, 3.8) is 0 Å². The molecule has 0 saturated carbocycles. The van der Waals surface area contributed by atoms with Crippen LogP contribution >= 0.6 is 0 Å². The Morgan fingerprint density at radius 3 is 1.89 bits per heavy atom. The molecule has 8 aromatic carbocycles. The van der Waals surface area contributed by atoms with Crippen LogP contribution in [0.1, 0.15) is 22.9 Å². The Balaban J connectivity index is 1.19. The number of nitrogens with zero attached hydrogens (tertiary/aromatic N) is 3. The van der Waals surface area contributed by atoms with Crippen LogP contribution in [-0.4, -0.2) is 21.1 Å². The van der Waals surface area contributed by atoms with Gasteiger partial charge in [0.15, 0.2) is 17.5 Å². The van der Waals surface area contributed by atoms with Crippen molar-refractivity contribution in [2.75, 3.05) is 0 Å². The van der Waals surface area contributed by atoms with Gasteiger partial charge in [-0.25, -0.2) is 15.0 Å². The highest BCUT2D eigenvalue weighted by Crippen LogP contribution is 2.51. The number of fused-ring (bicyclic) bond motifs is 7. The average molecular weight is 704 g/mol. The van der Waals surface area contributed by atoms with Crippen molar-refractivity contribution >= 4 is 43.5 Å². The van der Waals surface area contributed by atoms with E-state index in [4.69, 9.17) is 19.7 Å². The molecule has 0 N–H and O–H groups in total. The third-order valence-electron chi connectivity index (χ3n) is 11.1. The molecule has 2 unspecified atom stereocenters. The minimum atomic E-state index is -0.189. The summed E-state index contributed by atoms with van der Waals surface area (Å²) < 4.78 is 6.62. The maximum absolute atomic E-state index is 6.62. The third kappa shape index (κ3) is 5.33. The van der Waals surface area contributed by atoms with E-state index in [1.54, 1.807) is 0 Å². The molecule has 1 aliphatic carbocycles. The standard InChI is InChI=1S/C51H33N3O/c1-2-12-32(13-3-1)34-22-25-35(26-23-34)40-28-29-46-47(43-20-10-11-21-45(43)55-46)48(40)51-53-49(38-27-24-33-14-4-5-15-36(33)30-38)52-50(54-51)44-31-37-16-6-7-17-39(37)41-18-8-9-19-42(41)44/h1-31,46-47H. The molecule has 0 fully saturated rings. The van der Waals surface area contributed by atoms with Crippen molar-refractivity contribution in [1.82, 2.24) is 15.0 Å². The van der Waals surface area contributed by atoms with Gasteiger partial charge in [0.2, 0.25) is 0 Å². The van der Waals surface area contributed by atoms with Gasteiger partial charge in [0.05, 0.1) is 5.92 Å². The summed E-state index contributed by atoms with van der Waals surface area (Å²) >= 11 is 0. The van der Waals surface area contributed by atoms with Crippen LogP contribution in [-0.2, 0) is 0 Å². The molecule has 0 bridgehead atoms. The lowest BCUT2D eigenvalue weighted by Crippen LogP contribution is -2.22. The quantitative estimate of drug-likeness (QED) is 0.167. The van der Waals surface area contributed by atoms with E-state index < -0.39 is 0 Å². The fourth-order valence-electron chi connectivity index (χ4n) is 8.45. The van der Waals surface area contributed by atoms with Gasteiger partial charge in [-0.1, -0.05) is 164 Å². The Hall–Kier alpha value is -7.17. The normalized spacial score (nSPS) is 16.0. The molecule has 258 valence electrons. The van der Waals surface area contributed by atoms with Crippen LogP contribution in [0.2, 0.25) is 0 Å². The molecule has 1 aromatic heterocycles. The van der Waals surface area contributed by atoms with E-state index in [-0.39, 0.29) is 12.0 Å². The van der Waals surface area contributed by atoms with Crippen LogP contribution < -0.4 is 4.74 Å². The summed E-state index contributed by atoms with van der Waals surface area (Å²) in [5, 5.41) is 6.92. The van der Waals surface area contributed by atoms with Gasteiger partial charge < -0.3 is 4.74 Å². The number of allylic oxidation sites excluding steroid dienone is 2. The Morgan fingerprint density at radius 2 is 1.04 bits per heavy atom. The highest BCUT2D eigenvalue weighted by molar-refractivity contribution is 6.13. The van der Waals surface area contributed by atoms with Gasteiger partial charge in [0, 0.05) is 22.3 Å². The Kier molecular flexibility index (Phi) is 7.27. The Morgan fingerprint density at radius 1 is 0.418 bits per heavy atom. The van der Waals surface area contributed by atoms with Crippen molar-refractivity contribution in [2.24, 2.45) is 0 Å². The van der Waals surface area contributed by atoms with E-state index in [1.165, 1.54) is 27.3 Å². The molecule has 2 aliphatic rings. The molecule has 4 nitrogen and oxygen atoms in total. The smallest absolute Gasteiger partial charge is 0.164 e. The lowest BCUT2D eigenvalue weighted by atomic mass is 9.79. The topological polar surface area (TPSA) is 47.9 Å². The highest BCUT2D eigenvalue weighted by Gasteiger charge is 2.40. The Labute approximate surface area is 318 Å². The average Bonchev–Trinajstić information content (AvgIpc) is 3.65. The molecule has 2 atom stereocenters. The molecule has 9 aromatic rings. The number of benzene rings is 8. The van der Waals surface area contributed by atoms with Crippen molar-refractivity contribution in [2.45, 2.75) is 12.0 Å². The molecule has 11 rings (SSSR count). The maximum Gasteiger partial charge on any atom is 0.164 e. The second kappa shape index (κ2) is 12.8. The van der Waals surface area contributed by atoms with E-state index in [2.05, 4.69) is 182 Å². The van der Waals surface area contributed by atoms with Crippen LogP contribution in [0.5, 0.6) is 5.75 Å². The van der Waals surface area contributed by atoms with Gasteiger partial charge in [-0.3, -0.25) is 0 Å². The van der Waals surface area contributed by atoms with Crippen LogP contribution in [0.3, 0.4) is 0 Å². The molecule has 4 heteroatoms. The molecular weight excluding hydrogens is 671 g/mol. The largest absolute Gasteiger partial charge is 0.485 e. The lowest BCUT2D eigenvalue weighted by molar-refractivity contribution is 0.271. The number of para-hydroxylation sites is 1. The molecule has 2 heterocycles. The molecule has 55 heavy (non-hydrogen) atoms. The highest BCUT2D eigenvalue weighted by atomic mass is 16.5. The molecule has 0 amide bonds. The first kappa shape index (κ1) is 31.4. The summed E-state index contributed by atoms with van der Waals surface area (Å²) in [5.41, 5.74) is 8.60. The summed E-state index contributed by atoms with van der Waals surface area (Å²) in [6, 6.07) is 61.9.